The summed E-state index contributed by atoms with van der Waals surface area (Å²) in [7, 11) is 0. The van der Waals surface area contributed by atoms with Crippen molar-refractivity contribution in [3.8, 4) is 0 Å². The molecular formula is C21H22Cl2N4OS. The standard InChI is InChI=1S/C21H22Cl2N4OS/c1-4-27-19(14(3)24-20(28)16-8-5-13(2)6-9-16)25-26-21(27)29-12-15-7-10-17(22)18(23)11-15/h5-11,14H,4,12H2,1-3H3,(H,24,28)/t14-/m1/s1. The van der Waals surface area contributed by atoms with Gasteiger partial charge in [-0.05, 0) is 50.6 Å². The Morgan fingerprint density at radius 2 is 1.86 bits per heavy atom. The first-order chi connectivity index (χ1) is 13.9. The molecule has 29 heavy (non-hydrogen) atoms. The third kappa shape index (κ3) is 5.32. The van der Waals surface area contributed by atoms with E-state index >= 15 is 0 Å². The quantitative estimate of drug-likeness (QED) is 0.471. The normalized spacial score (nSPS) is 12.0. The molecule has 2 aromatic carbocycles. The van der Waals surface area contributed by atoms with Gasteiger partial charge in [0.15, 0.2) is 11.0 Å². The number of aryl methyl sites for hydroxylation is 1. The van der Waals surface area contributed by atoms with Crippen molar-refractivity contribution in [2.24, 2.45) is 0 Å². The molecule has 0 aliphatic rings. The first-order valence-electron chi connectivity index (χ1n) is 9.26. The van der Waals surface area contributed by atoms with E-state index in [1.165, 1.54) is 0 Å². The van der Waals surface area contributed by atoms with E-state index in [1.54, 1.807) is 17.8 Å². The number of halogens is 2. The number of nitrogens with zero attached hydrogens (tertiary/aromatic N) is 3. The number of nitrogens with one attached hydrogen (secondary N) is 1. The van der Waals surface area contributed by atoms with Crippen LogP contribution < -0.4 is 5.32 Å². The molecule has 1 N–H and O–H groups in total. The van der Waals surface area contributed by atoms with Crippen molar-refractivity contribution >= 4 is 40.9 Å². The number of carbonyl (C=O) groups is 1. The van der Waals surface area contributed by atoms with Gasteiger partial charge in [0.05, 0.1) is 16.1 Å². The number of thioether (sulfide) groups is 1. The van der Waals surface area contributed by atoms with E-state index in [9.17, 15) is 4.79 Å². The second kappa shape index (κ2) is 9.65. The lowest BCUT2D eigenvalue weighted by atomic mass is 10.1. The summed E-state index contributed by atoms with van der Waals surface area (Å²) in [5, 5.41) is 13.5. The maximum Gasteiger partial charge on any atom is 0.251 e. The number of rotatable bonds is 7. The fraction of sp³-hybridized carbons (Fsp3) is 0.286. The van der Waals surface area contributed by atoms with Crippen molar-refractivity contribution in [3.63, 3.8) is 0 Å². The molecule has 0 fully saturated rings. The Balaban J connectivity index is 1.69. The van der Waals surface area contributed by atoms with Crippen LogP contribution in [0.1, 0.15) is 47.2 Å². The lowest BCUT2D eigenvalue weighted by Crippen LogP contribution is -2.28. The minimum absolute atomic E-state index is 0.131. The van der Waals surface area contributed by atoms with E-state index in [-0.39, 0.29) is 11.9 Å². The molecule has 3 aromatic rings. The Morgan fingerprint density at radius 1 is 1.14 bits per heavy atom. The van der Waals surface area contributed by atoms with Crippen LogP contribution in [0, 0.1) is 6.92 Å². The van der Waals surface area contributed by atoms with Crippen molar-refractivity contribution in [1.82, 2.24) is 20.1 Å². The largest absolute Gasteiger partial charge is 0.342 e. The van der Waals surface area contributed by atoms with E-state index in [0.29, 0.717) is 27.9 Å². The molecule has 0 aliphatic carbocycles. The molecule has 1 amide bonds. The molecule has 0 saturated carbocycles. The lowest BCUT2D eigenvalue weighted by molar-refractivity contribution is 0.0937. The van der Waals surface area contributed by atoms with Gasteiger partial charge in [-0.1, -0.05) is 58.7 Å². The van der Waals surface area contributed by atoms with Crippen LogP contribution >= 0.6 is 35.0 Å². The summed E-state index contributed by atoms with van der Waals surface area (Å²) in [5.41, 5.74) is 2.79. The number of hydrogen-bond donors (Lipinski definition) is 1. The van der Waals surface area contributed by atoms with E-state index in [2.05, 4.69) is 15.5 Å². The lowest BCUT2D eigenvalue weighted by Gasteiger charge is -2.15. The number of amides is 1. The summed E-state index contributed by atoms with van der Waals surface area (Å²) < 4.78 is 2.02. The van der Waals surface area contributed by atoms with Gasteiger partial charge in [0.1, 0.15) is 0 Å². The molecule has 5 nitrogen and oxygen atoms in total. The van der Waals surface area contributed by atoms with Crippen LogP contribution in [0.25, 0.3) is 0 Å². The van der Waals surface area contributed by atoms with Gasteiger partial charge in [-0.25, -0.2) is 0 Å². The molecular weight excluding hydrogens is 427 g/mol. The van der Waals surface area contributed by atoms with Gasteiger partial charge in [-0.3, -0.25) is 4.79 Å². The molecule has 1 heterocycles. The van der Waals surface area contributed by atoms with Crippen LogP contribution in [0.5, 0.6) is 0 Å². The third-order valence-corrected chi connectivity index (χ3v) is 6.24. The monoisotopic (exact) mass is 448 g/mol. The first-order valence-corrected chi connectivity index (χ1v) is 11.0. The maximum absolute atomic E-state index is 12.5. The number of carbonyl (C=O) groups excluding carboxylic acids is 1. The van der Waals surface area contributed by atoms with Crippen molar-refractivity contribution in [1.29, 1.82) is 0 Å². The Labute approximate surface area is 184 Å². The molecule has 0 unspecified atom stereocenters. The summed E-state index contributed by atoms with van der Waals surface area (Å²) in [5.74, 6) is 1.29. The van der Waals surface area contributed by atoms with Crippen molar-refractivity contribution in [2.75, 3.05) is 0 Å². The topological polar surface area (TPSA) is 59.8 Å². The molecule has 0 aliphatic heterocycles. The van der Waals surface area contributed by atoms with Gasteiger partial charge in [0.2, 0.25) is 0 Å². The smallest absolute Gasteiger partial charge is 0.251 e. The Hall–Kier alpha value is -2.02. The SMILES string of the molecule is CCn1c(SCc2ccc(Cl)c(Cl)c2)nnc1[C@@H](C)NC(=O)c1ccc(C)cc1. The maximum atomic E-state index is 12.5. The van der Waals surface area contributed by atoms with Gasteiger partial charge in [-0.2, -0.15) is 0 Å². The fourth-order valence-corrected chi connectivity index (χ4v) is 4.12. The Bertz CT molecular complexity index is 1000. The second-order valence-corrected chi connectivity index (χ2v) is 8.44. The van der Waals surface area contributed by atoms with Gasteiger partial charge in [0, 0.05) is 17.9 Å². The zero-order valence-corrected chi connectivity index (χ0v) is 18.8. The highest BCUT2D eigenvalue weighted by Crippen LogP contribution is 2.28. The molecule has 3 rings (SSSR count). The number of benzene rings is 2. The first kappa shape index (κ1) is 21.7. The van der Waals surface area contributed by atoms with E-state index in [1.807, 2.05) is 61.7 Å². The van der Waals surface area contributed by atoms with Crippen molar-refractivity contribution in [3.05, 3.63) is 75.0 Å². The molecule has 0 bridgehead atoms. The van der Waals surface area contributed by atoms with E-state index in [0.717, 1.165) is 22.1 Å². The highest BCUT2D eigenvalue weighted by Gasteiger charge is 2.19. The van der Waals surface area contributed by atoms with Crippen molar-refractivity contribution < 1.29 is 4.79 Å². The highest BCUT2D eigenvalue weighted by molar-refractivity contribution is 7.98. The number of hydrogen-bond acceptors (Lipinski definition) is 4. The summed E-state index contributed by atoms with van der Waals surface area (Å²) >= 11 is 13.6. The fourth-order valence-electron chi connectivity index (χ4n) is 2.85. The van der Waals surface area contributed by atoms with Crippen LogP contribution in [0.2, 0.25) is 10.0 Å². The van der Waals surface area contributed by atoms with Gasteiger partial charge in [-0.15, -0.1) is 10.2 Å². The molecule has 0 spiro atoms. The summed E-state index contributed by atoms with van der Waals surface area (Å²) in [6.07, 6.45) is 0. The van der Waals surface area contributed by atoms with Crippen molar-refractivity contribution in [2.45, 2.75) is 44.3 Å². The average molecular weight is 449 g/mol. The predicted octanol–water partition coefficient (Wildman–Crippen LogP) is 5.70. The zero-order valence-electron chi connectivity index (χ0n) is 16.4. The summed E-state index contributed by atoms with van der Waals surface area (Å²) in [6.45, 7) is 6.64. The van der Waals surface area contributed by atoms with Gasteiger partial charge in [0.25, 0.3) is 5.91 Å². The minimum atomic E-state index is -0.268. The Kier molecular flexibility index (Phi) is 7.22. The minimum Gasteiger partial charge on any atom is -0.342 e. The van der Waals surface area contributed by atoms with Crippen LogP contribution in [-0.4, -0.2) is 20.7 Å². The van der Waals surface area contributed by atoms with Gasteiger partial charge >= 0.3 is 0 Å². The summed E-state index contributed by atoms with van der Waals surface area (Å²) in [4.78, 5) is 12.5. The highest BCUT2D eigenvalue weighted by atomic mass is 35.5. The predicted molar refractivity (Wildman–Crippen MR) is 119 cm³/mol. The second-order valence-electron chi connectivity index (χ2n) is 6.68. The van der Waals surface area contributed by atoms with E-state index in [4.69, 9.17) is 23.2 Å². The average Bonchev–Trinajstić information content (AvgIpc) is 3.12. The van der Waals surface area contributed by atoms with Crippen LogP contribution in [0.4, 0.5) is 0 Å². The molecule has 1 aromatic heterocycles. The van der Waals surface area contributed by atoms with Crippen LogP contribution in [0.3, 0.4) is 0 Å². The molecule has 8 heteroatoms. The molecule has 1 atom stereocenters. The van der Waals surface area contributed by atoms with Crippen LogP contribution in [0.15, 0.2) is 47.6 Å². The van der Waals surface area contributed by atoms with E-state index < -0.39 is 0 Å². The molecule has 0 saturated heterocycles. The zero-order chi connectivity index (χ0) is 21.0. The van der Waals surface area contributed by atoms with Crippen LogP contribution in [-0.2, 0) is 12.3 Å². The third-order valence-electron chi connectivity index (χ3n) is 4.46. The number of aromatic nitrogens is 3. The molecule has 152 valence electrons. The Morgan fingerprint density at radius 3 is 2.52 bits per heavy atom. The summed E-state index contributed by atoms with van der Waals surface area (Å²) in [6, 6.07) is 12.8. The van der Waals surface area contributed by atoms with Gasteiger partial charge < -0.3 is 9.88 Å². The molecule has 0 radical (unpaired) electrons.